The first-order valence-corrected chi connectivity index (χ1v) is 8.97. The van der Waals surface area contributed by atoms with Crippen molar-refractivity contribution in [2.24, 2.45) is 0 Å². The maximum absolute atomic E-state index is 12.1. The third kappa shape index (κ3) is 4.11. The number of hydrogen-bond acceptors (Lipinski definition) is 6. The van der Waals surface area contributed by atoms with E-state index in [1.165, 1.54) is 21.9 Å². The van der Waals surface area contributed by atoms with E-state index in [0.717, 1.165) is 17.0 Å². The molecule has 0 bridgehead atoms. The van der Waals surface area contributed by atoms with Gasteiger partial charge >= 0.3 is 5.97 Å². The minimum absolute atomic E-state index is 0.00849. The molecule has 0 N–H and O–H groups in total. The normalized spacial score (nSPS) is 12.2. The van der Waals surface area contributed by atoms with Crippen molar-refractivity contribution in [3.05, 3.63) is 63.0 Å². The van der Waals surface area contributed by atoms with Gasteiger partial charge in [-0.1, -0.05) is 55.5 Å². The fraction of sp³-hybridized carbons (Fsp3) is 0.333. The van der Waals surface area contributed by atoms with Gasteiger partial charge in [0.25, 0.3) is 5.56 Å². The van der Waals surface area contributed by atoms with Crippen molar-refractivity contribution in [1.82, 2.24) is 14.6 Å². The number of aryl methyl sites for hydroxylation is 1. The zero-order chi connectivity index (χ0) is 17.8. The molecule has 0 spiro atoms. The molecule has 1 aromatic carbocycles. The lowest BCUT2D eigenvalue weighted by molar-refractivity contribution is -0.145. The van der Waals surface area contributed by atoms with Gasteiger partial charge in [0.15, 0.2) is 0 Å². The van der Waals surface area contributed by atoms with Crippen molar-refractivity contribution in [1.29, 1.82) is 0 Å². The SMILES string of the molecule is CCc1nn2c(=O)cc(COC(=O)C[C@H](C)c3ccccc3)nc2s1. The van der Waals surface area contributed by atoms with Crippen LogP contribution >= 0.6 is 11.3 Å². The van der Waals surface area contributed by atoms with Crippen LogP contribution in [0.5, 0.6) is 0 Å². The number of fused-ring (bicyclic) bond motifs is 1. The van der Waals surface area contributed by atoms with Crippen LogP contribution in [0.25, 0.3) is 4.96 Å². The second-order valence-corrected chi connectivity index (χ2v) is 6.85. The zero-order valence-corrected chi connectivity index (χ0v) is 15.0. The molecule has 7 heteroatoms. The van der Waals surface area contributed by atoms with Gasteiger partial charge in [-0.05, 0) is 17.9 Å². The van der Waals surface area contributed by atoms with Gasteiger partial charge in [0.05, 0.1) is 12.1 Å². The number of carbonyl (C=O) groups excluding carboxylic acids is 1. The van der Waals surface area contributed by atoms with E-state index in [2.05, 4.69) is 10.1 Å². The summed E-state index contributed by atoms with van der Waals surface area (Å²) in [6, 6.07) is 11.2. The molecule has 2 heterocycles. The smallest absolute Gasteiger partial charge is 0.306 e. The second kappa shape index (κ2) is 7.57. The molecule has 0 unspecified atom stereocenters. The van der Waals surface area contributed by atoms with E-state index >= 15 is 0 Å². The molecule has 2 aromatic heterocycles. The van der Waals surface area contributed by atoms with E-state index in [-0.39, 0.29) is 30.5 Å². The van der Waals surface area contributed by atoms with Crippen molar-refractivity contribution in [3.63, 3.8) is 0 Å². The van der Waals surface area contributed by atoms with Crippen LogP contribution < -0.4 is 5.56 Å². The average Bonchev–Trinajstić information content (AvgIpc) is 3.04. The van der Waals surface area contributed by atoms with Crippen molar-refractivity contribution in [2.45, 2.75) is 39.2 Å². The maximum Gasteiger partial charge on any atom is 0.306 e. The van der Waals surface area contributed by atoms with Crippen LogP contribution in [0.1, 0.15) is 42.5 Å². The fourth-order valence-electron chi connectivity index (χ4n) is 2.48. The van der Waals surface area contributed by atoms with Gasteiger partial charge in [-0.25, -0.2) is 4.98 Å². The molecular formula is C18H19N3O3S. The van der Waals surface area contributed by atoms with Crippen LogP contribution in [0.3, 0.4) is 0 Å². The third-order valence-corrected chi connectivity index (χ3v) is 4.92. The van der Waals surface area contributed by atoms with Crippen molar-refractivity contribution < 1.29 is 9.53 Å². The Morgan fingerprint density at radius 2 is 2.08 bits per heavy atom. The molecule has 0 aliphatic carbocycles. The molecule has 0 saturated heterocycles. The van der Waals surface area contributed by atoms with Crippen LogP contribution in [0.4, 0.5) is 0 Å². The van der Waals surface area contributed by atoms with Gasteiger partial charge in [0.1, 0.15) is 11.6 Å². The van der Waals surface area contributed by atoms with Crippen molar-refractivity contribution in [3.8, 4) is 0 Å². The van der Waals surface area contributed by atoms with E-state index in [4.69, 9.17) is 4.74 Å². The highest BCUT2D eigenvalue weighted by Gasteiger charge is 2.14. The number of aromatic nitrogens is 3. The molecule has 0 radical (unpaired) electrons. The summed E-state index contributed by atoms with van der Waals surface area (Å²) in [5.74, 6) is -0.236. The van der Waals surface area contributed by atoms with Gasteiger partial charge in [-0.2, -0.15) is 9.61 Å². The van der Waals surface area contributed by atoms with Crippen LogP contribution in [0, 0.1) is 0 Å². The highest BCUT2D eigenvalue weighted by Crippen LogP contribution is 2.19. The van der Waals surface area contributed by atoms with Crippen LogP contribution in [0.15, 0.2) is 41.2 Å². The van der Waals surface area contributed by atoms with Gasteiger partial charge in [-0.15, -0.1) is 0 Å². The van der Waals surface area contributed by atoms with E-state index in [1.807, 2.05) is 44.2 Å². The predicted octanol–water partition coefficient (Wildman–Crippen LogP) is 2.95. The Morgan fingerprint density at radius 1 is 1.32 bits per heavy atom. The number of hydrogen-bond donors (Lipinski definition) is 0. The quantitative estimate of drug-likeness (QED) is 0.634. The lowest BCUT2D eigenvalue weighted by Crippen LogP contribution is -2.17. The summed E-state index contributed by atoms with van der Waals surface area (Å²) in [5, 5.41) is 5.04. The molecule has 130 valence electrons. The monoisotopic (exact) mass is 357 g/mol. The molecule has 3 aromatic rings. The van der Waals surface area contributed by atoms with Crippen LogP contribution in [0.2, 0.25) is 0 Å². The number of carbonyl (C=O) groups is 1. The zero-order valence-electron chi connectivity index (χ0n) is 14.1. The molecule has 1 atom stereocenters. The number of ether oxygens (including phenoxy) is 1. The number of benzene rings is 1. The standard InChI is InChI=1S/C18H19N3O3S/c1-3-15-20-21-16(22)10-14(19-18(21)25-15)11-24-17(23)9-12(2)13-7-5-4-6-8-13/h4-8,10,12H,3,9,11H2,1-2H3/t12-/m0/s1. The first kappa shape index (κ1) is 17.3. The molecule has 0 aliphatic heterocycles. The second-order valence-electron chi connectivity index (χ2n) is 5.81. The Morgan fingerprint density at radius 3 is 2.80 bits per heavy atom. The largest absolute Gasteiger partial charge is 0.459 e. The van der Waals surface area contributed by atoms with Gasteiger partial charge in [0.2, 0.25) is 4.96 Å². The van der Waals surface area contributed by atoms with Gasteiger partial charge < -0.3 is 4.74 Å². The highest BCUT2D eigenvalue weighted by atomic mass is 32.1. The molecule has 0 amide bonds. The summed E-state index contributed by atoms with van der Waals surface area (Å²) in [6.07, 6.45) is 1.03. The maximum atomic E-state index is 12.1. The molecule has 0 fully saturated rings. The van der Waals surface area contributed by atoms with Gasteiger partial charge in [-0.3, -0.25) is 9.59 Å². The van der Waals surface area contributed by atoms with E-state index in [0.29, 0.717) is 10.7 Å². The average molecular weight is 357 g/mol. The molecular weight excluding hydrogens is 338 g/mol. The van der Waals surface area contributed by atoms with Gasteiger partial charge in [0, 0.05) is 6.07 Å². The summed E-state index contributed by atoms with van der Waals surface area (Å²) in [6.45, 7) is 3.95. The Labute approximate surface area is 149 Å². The Hall–Kier alpha value is -2.54. The van der Waals surface area contributed by atoms with Crippen LogP contribution in [-0.4, -0.2) is 20.6 Å². The first-order valence-electron chi connectivity index (χ1n) is 8.16. The Kier molecular flexibility index (Phi) is 5.23. The summed E-state index contributed by atoms with van der Waals surface area (Å²) in [7, 11) is 0. The van der Waals surface area contributed by atoms with E-state index < -0.39 is 0 Å². The number of nitrogens with zero attached hydrogens (tertiary/aromatic N) is 3. The Balaban J connectivity index is 1.64. The topological polar surface area (TPSA) is 73.6 Å². The lowest BCUT2D eigenvalue weighted by atomic mass is 9.98. The molecule has 25 heavy (non-hydrogen) atoms. The molecule has 0 saturated carbocycles. The molecule has 3 rings (SSSR count). The number of rotatable bonds is 6. The lowest BCUT2D eigenvalue weighted by Gasteiger charge is -2.11. The summed E-state index contributed by atoms with van der Waals surface area (Å²) < 4.78 is 6.58. The predicted molar refractivity (Wildman–Crippen MR) is 95.8 cm³/mol. The molecule has 6 nitrogen and oxygen atoms in total. The summed E-state index contributed by atoms with van der Waals surface area (Å²) in [5.41, 5.74) is 1.27. The first-order chi connectivity index (χ1) is 12.1. The Bertz CT molecular complexity index is 934. The van der Waals surface area contributed by atoms with E-state index in [9.17, 15) is 9.59 Å². The van der Waals surface area contributed by atoms with E-state index in [1.54, 1.807) is 0 Å². The van der Waals surface area contributed by atoms with Crippen molar-refractivity contribution in [2.75, 3.05) is 0 Å². The fourth-order valence-corrected chi connectivity index (χ4v) is 3.33. The third-order valence-electron chi connectivity index (χ3n) is 3.86. The van der Waals surface area contributed by atoms with Crippen molar-refractivity contribution >= 4 is 22.3 Å². The summed E-state index contributed by atoms with van der Waals surface area (Å²) >= 11 is 1.37. The minimum Gasteiger partial charge on any atom is -0.459 e. The van der Waals surface area contributed by atoms with Crippen LogP contribution in [-0.2, 0) is 22.6 Å². The highest BCUT2D eigenvalue weighted by molar-refractivity contribution is 7.16. The molecule has 0 aliphatic rings. The number of esters is 1. The summed E-state index contributed by atoms with van der Waals surface area (Å²) in [4.78, 5) is 29.0. The minimum atomic E-state index is -0.308.